The zero-order chi connectivity index (χ0) is 14.4. The van der Waals surface area contributed by atoms with Crippen LogP contribution in [0.4, 0.5) is 0 Å². The van der Waals surface area contributed by atoms with Gasteiger partial charge in [0.15, 0.2) is 0 Å². The van der Waals surface area contributed by atoms with Crippen molar-refractivity contribution in [3.63, 3.8) is 0 Å². The first kappa shape index (κ1) is 13.6. The molecule has 0 aliphatic carbocycles. The Morgan fingerprint density at radius 3 is 2.35 bits per heavy atom. The van der Waals surface area contributed by atoms with E-state index in [2.05, 4.69) is 5.48 Å². The number of benzene rings is 2. The van der Waals surface area contributed by atoms with E-state index < -0.39 is 11.9 Å². The Morgan fingerprint density at radius 2 is 1.65 bits per heavy atom. The molecule has 2 aromatic rings. The molecule has 5 heteroatoms. The summed E-state index contributed by atoms with van der Waals surface area (Å²) in [6, 6.07) is 14.9. The molecular weight excluding hydrogens is 258 g/mol. The van der Waals surface area contributed by atoms with Crippen molar-refractivity contribution in [3.05, 3.63) is 65.7 Å². The third-order valence-electron chi connectivity index (χ3n) is 2.58. The van der Waals surface area contributed by atoms with E-state index >= 15 is 0 Å². The molecule has 0 unspecified atom stereocenters. The Bertz CT molecular complexity index is 610. The minimum absolute atomic E-state index is 0.338. The van der Waals surface area contributed by atoms with Gasteiger partial charge in [0.05, 0.1) is 12.7 Å². The predicted octanol–water partition coefficient (Wildman–Crippen LogP) is 2.20. The number of carbonyl (C=O) groups excluding carboxylic acids is 2. The number of ether oxygens (including phenoxy) is 1. The van der Waals surface area contributed by atoms with Crippen LogP contribution in [0.5, 0.6) is 5.75 Å². The SMILES string of the molecule is COc1cccc(C(=O)NOC(=O)c2ccccc2)c1. The van der Waals surface area contributed by atoms with E-state index in [4.69, 9.17) is 9.57 Å². The van der Waals surface area contributed by atoms with Gasteiger partial charge in [-0.05, 0) is 30.3 Å². The first-order valence-corrected chi connectivity index (χ1v) is 5.91. The fourth-order valence-corrected chi connectivity index (χ4v) is 1.55. The minimum atomic E-state index is -0.623. The number of amides is 1. The van der Waals surface area contributed by atoms with Crippen molar-refractivity contribution in [2.45, 2.75) is 0 Å². The van der Waals surface area contributed by atoms with Crippen molar-refractivity contribution in [3.8, 4) is 5.75 Å². The Labute approximate surface area is 116 Å². The number of carbonyl (C=O) groups is 2. The van der Waals surface area contributed by atoms with E-state index in [9.17, 15) is 9.59 Å². The van der Waals surface area contributed by atoms with Crippen LogP contribution in [0.15, 0.2) is 54.6 Å². The highest BCUT2D eigenvalue weighted by Gasteiger charge is 2.11. The van der Waals surface area contributed by atoms with Gasteiger partial charge in [-0.2, -0.15) is 5.48 Å². The molecule has 0 aromatic heterocycles. The van der Waals surface area contributed by atoms with Crippen LogP contribution >= 0.6 is 0 Å². The Morgan fingerprint density at radius 1 is 0.950 bits per heavy atom. The number of hydrogen-bond donors (Lipinski definition) is 1. The second kappa shape index (κ2) is 6.38. The normalized spacial score (nSPS) is 9.65. The molecule has 5 nitrogen and oxygen atoms in total. The number of methoxy groups -OCH3 is 1. The standard InChI is InChI=1S/C15H13NO4/c1-19-13-9-5-8-12(10-13)14(17)16-20-15(18)11-6-3-2-4-7-11/h2-10H,1H3,(H,16,17). The quantitative estimate of drug-likeness (QED) is 0.869. The molecule has 0 bridgehead atoms. The average Bonchev–Trinajstić information content (AvgIpc) is 2.53. The summed E-state index contributed by atoms with van der Waals surface area (Å²) in [5.74, 6) is -0.595. The Kier molecular flexibility index (Phi) is 4.34. The van der Waals surface area contributed by atoms with Crippen LogP contribution in [0.1, 0.15) is 20.7 Å². The molecule has 0 atom stereocenters. The smallest absolute Gasteiger partial charge is 0.362 e. The molecule has 1 amide bonds. The van der Waals surface area contributed by atoms with E-state index in [0.717, 1.165) is 0 Å². The van der Waals surface area contributed by atoms with Crippen LogP contribution in [-0.4, -0.2) is 19.0 Å². The summed E-state index contributed by atoms with van der Waals surface area (Å²) in [6.45, 7) is 0. The lowest BCUT2D eigenvalue weighted by Gasteiger charge is -2.06. The van der Waals surface area contributed by atoms with Crippen LogP contribution in [0.25, 0.3) is 0 Å². The van der Waals surface area contributed by atoms with Gasteiger partial charge in [-0.25, -0.2) is 4.79 Å². The predicted molar refractivity (Wildman–Crippen MR) is 72.3 cm³/mol. The van der Waals surface area contributed by atoms with Gasteiger partial charge in [0.25, 0.3) is 5.91 Å². The van der Waals surface area contributed by atoms with Gasteiger partial charge in [0.1, 0.15) is 5.75 Å². The fourth-order valence-electron chi connectivity index (χ4n) is 1.55. The zero-order valence-electron chi connectivity index (χ0n) is 10.8. The Balaban J connectivity index is 1.97. The zero-order valence-corrected chi connectivity index (χ0v) is 10.8. The largest absolute Gasteiger partial charge is 0.497 e. The Hall–Kier alpha value is -2.82. The second-order valence-corrected chi connectivity index (χ2v) is 3.92. The topological polar surface area (TPSA) is 64.6 Å². The molecule has 0 fully saturated rings. The summed E-state index contributed by atoms with van der Waals surface area (Å²) in [5.41, 5.74) is 2.80. The van der Waals surface area contributed by atoms with Crippen LogP contribution in [-0.2, 0) is 4.84 Å². The van der Waals surface area contributed by atoms with Gasteiger partial charge < -0.3 is 9.57 Å². The molecule has 0 spiro atoms. The molecule has 0 radical (unpaired) electrons. The van der Waals surface area contributed by atoms with Crippen LogP contribution < -0.4 is 10.2 Å². The van der Waals surface area contributed by atoms with Gasteiger partial charge in [-0.3, -0.25) is 4.79 Å². The van der Waals surface area contributed by atoms with Crippen LogP contribution in [0, 0.1) is 0 Å². The molecule has 0 heterocycles. The molecule has 2 rings (SSSR count). The van der Waals surface area contributed by atoms with Crippen molar-refractivity contribution in [2.24, 2.45) is 0 Å². The average molecular weight is 271 g/mol. The molecule has 0 saturated heterocycles. The third-order valence-corrected chi connectivity index (χ3v) is 2.58. The van der Waals surface area contributed by atoms with E-state index in [0.29, 0.717) is 16.9 Å². The molecule has 0 aliphatic rings. The summed E-state index contributed by atoms with van der Waals surface area (Å²) in [4.78, 5) is 28.2. The molecule has 20 heavy (non-hydrogen) atoms. The fraction of sp³-hybridized carbons (Fsp3) is 0.0667. The lowest BCUT2D eigenvalue weighted by molar-refractivity contribution is 0.0230. The van der Waals surface area contributed by atoms with Crippen molar-refractivity contribution >= 4 is 11.9 Å². The van der Waals surface area contributed by atoms with E-state index in [1.807, 2.05) is 0 Å². The van der Waals surface area contributed by atoms with Crippen LogP contribution in [0.2, 0.25) is 0 Å². The highest BCUT2D eigenvalue weighted by Crippen LogP contribution is 2.12. The van der Waals surface area contributed by atoms with Gasteiger partial charge in [-0.15, -0.1) is 0 Å². The summed E-state index contributed by atoms with van der Waals surface area (Å²) >= 11 is 0. The van der Waals surface area contributed by atoms with Crippen molar-refractivity contribution in [2.75, 3.05) is 7.11 Å². The first-order valence-electron chi connectivity index (χ1n) is 5.91. The summed E-state index contributed by atoms with van der Waals surface area (Å²) in [5, 5.41) is 0. The molecule has 102 valence electrons. The van der Waals surface area contributed by atoms with Gasteiger partial charge in [0.2, 0.25) is 0 Å². The molecule has 0 saturated carbocycles. The summed E-state index contributed by atoms with van der Waals surface area (Å²) in [7, 11) is 1.51. The lowest BCUT2D eigenvalue weighted by atomic mass is 10.2. The lowest BCUT2D eigenvalue weighted by Crippen LogP contribution is -2.27. The maximum Gasteiger partial charge on any atom is 0.362 e. The monoisotopic (exact) mass is 271 g/mol. The second-order valence-electron chi connectivity index (χ2n) is 3.92. The molecule has 0 aliphatic heterocycles. The number of hydrogen-bond acceptors (Lipinski definition) is 4. The van der Waals surface area contributed by atoms with Gasteiger partial charge in [-0.1, -0.05) is 24.3 Å². The van der Waals surface area contributed by atoms with Crippen molar-refractivity contribution < 1.29 is 19.2 Å². The van der Waals surface area contributed by atoms with Crippen molar-refractivity contribution in [1.29, 1.82) is 0 Å². The maximum atomic E-state index is 11.8. The maximum absolute atomic E-state index is 11.8. The summed E-state index contributed by atoms with van der Waals surface area (Å²) in [6.07, 6.45) is 0. The van der Waals surface area contributed by atoms with E-state index in [1.54, 1.807) is 54.6 Å². The van der Waals surface area contributed by atoms with E-state index in [-0.39, 0.29) is 0 Å². The minimum Gasteiger partial charge on any atom is -0.497 e. The van der Waals surface area contributed by atoms with Crippen molar-refractivity contribution in [1.82, 2.24) is 5.48 Å². The highest BCUT2D eigenvalue weighted by atomic mass is 16.7. The molecular formula is C15H13NO4. The highest BCUT2D eigenvalue weighted by molar-refractivity contribution is 5.96. The first-order chi connectivity index (χ1) is 9.70. The molecule has 2 aromatic carbocycles. The number of hydroxylamine groups is 1. The van der Waals surface area contributed by atoms with Crippen LogP contribution in [0.3, 0.4) is 0 Å². The number of rotatable bonds is 3. The molecule has 1 N–H and O–H groups in total. The van der Waals surface area contributed by atoms with E-state index in [1.165, 1.54) is 7.11 Å². The van der Waals surface area contributed by atoms with Gasteiger partial charge in [0, 0.05) is 5.56 Å². The van der Waals surface area contributed by atoms with Gasteiger partial charge >= 0.3 is 5.97 Å². The number of nitrogens with one attached hydrogen (secondary N) is 1. The summed E-state index contributed by atoms with van der Waals surface area (Å²) < 4.78 is 5.01. The third kappa shape index (κ3) is 3.35.